The van der Waals surface area contributed by atoms with Crippen LogP contribution in [0.3, 0.4) is 0 Å². The molecule has 2 rings (SSSR count). The first kappa shape index (κ1) is 13.0. The van der Waals surface area contributed by atoms with Crippen molar-refractivity contribution in [1.82, 2.24) is 4.98 Å². The van der Waals surface area contributed by atoms with Gasteiger partial charge in [-0.25, -0.2) is 0 Å². The molecule has 0 spiro atoms. The standard InChI is InChI=1S/C15H19NO2/c1-4-15(3,18)14(17)12-7-8-13-11(9-12)6-5-10(2)16-13/h5-9,14,17-18H,4H2,1-3H3. The second kappa shape index (κ2) is 4.67. The molecule has 0 amide bonds. The van der Waals surface area contributed by atoms with Crippen LogP contribution in [-0.2, 0) is 0 Å². The van der Waals surface area contributed by atoms with Crippen LogP contribution in [0, 0.1) is 6.92 Å². The smallest absolute Gasteiger partial charge is 0.107 e. The molecule has 3 nitrogen and oxygen atoms in total. The first-order valence-electron chi connectivity index (χ1n) is 6.22. The summed E-state index contributed by atoms with van der Waals surface area (Å²) in [5.74, 6) is 0. The molecule has 3 heteroatoms. The molecule has 2 N–H and O–H groups in total. The summed E-state index contributed by atoms with van der Waals surface area (Å²) < 4.78 is 0. The average molecular weight is 245 g/mol. The highest BCUT2D eigenvalue weighted by molar-refractivity contribution is 5.79. The van der Waals surface area contributed by atoms with E-state index in [4.69, 9.17) is 0 Å². The molecule has 0 fully saturated rings. The molecule has 0 saturated carbocycles. The lowest BCUT2D eigenvalue weighted by molar-refractivity contribution is -0.0658. The summed E-state index contributed by atoms with van der Waals surface area (Å²) >= 11 is 0. The highest BCUT2D eigenvalue weighted by Gasteiger charge is 2.29. The number of hydrogen-bond acceptors (Lipinski definition) is 3. The number of nitrogens with zero attached hydrogens (tertiary/aromatic N) is 1. The van der Waals surface area contributed by atoms with E-state index in [9.17, 15) is 10.2 Å². The van der Waals surface area contributed by atoms with Crippen molar-refractivity contribution in [2.24, 2.45) is 0 Å². The van der Waals surface area contributed by atoms with E-state index in [0.717, 1.165) is 22.2 Å². The Morgan fingerprint density at radius 3 is 2.67 bits per heavy atom. The van der Waals surface area contributed by atoms with E-state index in [1.165, 1.54) is 0 Å². The number of aliphatic hydroxyl groups is 2. The Balaban J connectivity index is 2.44. The van der Waals surface area contributed by atoms with E-state index >= 15 is 0 Å². The van der Waals surface area contributed by atoms with Crippen LogP contribution in [0.1, 0.15) is 37.6 Å². The van der Waals surface area contributed by atoms with E-state index in [-0.39, 0.29) is 0 Å². The van der Waals surface area contributed by atoms with Crippen molar-refractivity contribution in [3.05, 3.63) is 41.6 Å². The fraction of sp³-hybridized carbons (Fsp3) is 0.400. The summed E-state index contributed by atoms with van der Waals surface area (Å²) in [6.45, 7) is 5.45. The summed E-state index contributed by atoms with van der Waals surface area (Å²) in [5, 5.41) is 21.3. The van der Waals surface area contributed by atoms with Crippen molar-refractivity contribution in [2.75, 3.05) is 0 Å². The molecule has 0 saturated heterocycles. The quantitative estimate of drug-likeness (QED) is 0.874. The summed E-state index contributed by atoms with van der Waals surface area (Å²) in [5.41, 5.74) is 1.49. The Hall–Kier alpha value is -1.45. The lowest BCUT2D eigenvalue weighted by Crippen LogP contribution is -2.31. The van der Waals surface area contributed by atoms with E-state index in [1.54, 1.807) is 6.92 Å². The second-order valence-electron chi connectivity index (χ2n) is 5.02. The van der Waals surface area contributed by atoms with Crippen LogP contribution in [0.25, 0.3) is 10.9 Å². The van der Waals surface area contributed by atoms with Gasteiger partial charge in [0.15, 0.2) is 0 Å². The van der Waals surface area contributed by atoms with Gasteiger partial charge in [-0.1, -0.05) is 19.1 Å². The van der Waals surface area contributed by atoms with Gasteiger partial charge < -0.3 is 10.2 Å². The third-order valence-corrected chi connectivity index (χ3v) is 3.47. The molecule has 0 radical (unpaired) electrons. The van der Waals surface area contributed by atoms with Crippen LogP contribution in [0.2, 0.25) is 0 Å². The molecular formula is C15H19NO2. The van der Waals surface area contributed by atoms with Crippen LogP contribution < -0.4 is 0 Å². The minimum atomic E-state index is -1.11. The van der Waals surface area contributed by atoms with Crippen LogP contribution >= 0.6 is 0 Å². The molecule has 1 aromatic heterocycles. The van der Waals surface area contributed by atoms with Crippen LogP contribution in [-0.4, -0.2) is 20.8 Å². The van der Waals surface area contributed by atoms with Gasteiger partial charge in [0.2, 0.25) is 0 Å². The fourth-order valence-corrected chi connectivity index (χ4v) is 1.97. The number of aliphatic hydroxyl groups excluding tert-OH is 1. The Morgan fingerprint density at radius 1 is 1.28 bits per heavy atom. The lowest BCUT2D eigenvalue weighted by Gasteiger charge is -2.28. The van der Waals surface area contributed by atoms with E-state index < -0.39 is 11.7 Å². The van der Waals surface area contributed by atoms with Gasteiger partial charge in [0.1, 0.15) is 6.10 Å². The van der Waals surface area contributed by atoms with Gasteiger partial charge in [0.25, 0.3) is 0 Å². The van der Waals surface area contributed by atoms with Gasteiger partial charge in [0.05, 0.1) is 11.1 Å². The Kier molecular flexibility index (Phi) is 3.37. The Labute approximate surface area is 107 Å². The van der Waals surface area contributed by atoms with Crippen molar-refractivity contribution in [1.29, 1.82) is 0 Å². The minimum Gasteiger partial charge on any atom is -0.387 e. The SMILES string of the molecule is CCC(C)(O)C(O)c1ccc2nc(C)ccc2c1. The molecule has 1 heterocycles. The third-order valence-electron chi connectivity index (χ3n) is 3.47. The molecular weight excluding hydrogens is 226 g/mol. The molecule has 2 unspecified atom stereocenters. The maximum Gasteiger partial charge on any atom is 0.107 e. The van der Waals surface area contributed by atoms with Crippen LogP contribution in [0.4, 0.5) is 0 Å². The number of aromatic nitrogens is 1. The van der Waals surface area contributed by atoms with Crippen molar-refractivity contribution in [3.8, 4) is 0 Å². The maximum absolute atomic E-state index is 10.2. The van der Waals surface area contributed by atoms with Gasteiger partial charge in [-0.15, -0.1) is 0 Å². The van der Waals surface area contributed by atoms with E-state index in [2.05, 4.69) is 4.98 Å². The van der Waals surface area contributed by atoms with Crippen LogP contribution in [0.15, 0.2) is 30.3 Å². The van der Waals surface area contributed by atoms with Crippen molar-refractivity contribution < 1.29 is 10.2 Å². The molecule has 18 heavy (non-hydrogen) atoms. The largest absolute Gasteiger partial charge is 0.387 e. The van der Waals surface area contributed by atoms with Crippen LogP contribution in [0.5, 0.6) is 0 Å². The van der Waals surface area contributed by atoms with Gasteiger partial charge in [-0.05, 0) is 44.0 Å². The molecule has 96 valence electrons. The minimum absolute atomic E-state index is 0.498. The number of benzene rings is 1. The van der Waals surface area contributed by atoms with Gasteiger partial charge in [-0.2, -0.15) is 0 Å². The Morgan fingerprint density at radius 2 is 2.00 bits per heavy atom. The maximum atomic E-state index is 10.2. The predicted molar refractivity (Wildman–Crippen MR) is 72.4 cm³/mol. The normalized spacial score (nSPS) is 16.5. The first-order chi connectivity index (χ1) is 8.44. The zero-order valence-corrected chi connectivity index (χ0v) is 11.0. The predicted octanol–water partition coefficient (Wildman–Crippen LogP) is 2.74. The third kappa shape index (κ3) is 2.37. The molecule has 0 aliphatic carbocycles. The summed E-state index contributed by atoms with van der Waals surface area (Å²) in [6, 6.07) is 9.51. The van der Waals surface area contributed by atoms with Gasteiger partial charge in [0, 0.05) is 11.1 Å². The van der Waals surface area contributed by atoms with E-state index in [0.29, 0.717) is 6.42 Å². The van der Waals surface area contributed by atoms with Crippen molar-refractivity contribution in [3.63, 3.8) is 0 Å². The van der Waals surface area contributed by atoms with Gasteiger partial charge in [-0.3, -0.25) is 4.98 Å². The number of aryl methyl sites for hydroxylation is 1. The molecule has 0 bridgehead atoms. The number of rotatable bonds is 3. The number of hydrogen-bond donors (Lipinski definition) is 2. The number of fused-ring (bicyclic) bond motifs is 1. The molecule has 0 aliphatic heterocycles. The first-order valence-corrected chi connectivity index (χ1v) is 6.22. The van der Waals surface area contributed by atoms with Crippen molar-refractivity contribution >= 4 is 10.9 Å². The fourth-order valence-electron chi connectivity index (χ4n) is 1.97. The molecule has 2 aromatic rings. The highest BCUT2D eigenvalue weighted by atomic mass is 16.3. The lowest BCUT2D eigenvalue weighted by atomic mass is 9.90. The second-order valence-corrected chi connectivity index (χ2v) is 5.02. The molecule has 0 aliphatic rings. The van der Waals surface area contributed by atoms with Gasteiger partial charge >= 0.3 is 0 Å². The average Bonchev–Trinajstić information content (AvgIpc) is 2.37. The number of pyridine rings is 1. The topological polar surface area (TPSA) is 53.4 Å². The summed E-state index contributed by atoms with van der Waals surface area (Å²) in [6.07, 6.45) is -0.383. The summed E-state index contributed by atoms with van der Waals surface area (Å²) in [4.78, 5) is 4.41. The zero-order valence-electron chi connectivity index (χ0n) is 11.0. The highest BCUT2D eigenvalue weighted by Crippen LogP contribution is 2.29. The molecule has 1 aromatic carbocycles. The molecule has 2 atom stereocenters. The monoisotopic (exact) mass is 245 g/mol. The van der Waals surface area contributed by atoms with E-state index in [1.807, 2.05) is 44.2 Å². The van der Waals surface area contributed by atoms with Crippen molar-refractivity contribution in [2.45, 2.75) is 38.9 Å². The summed E-state index contributed by atoms with van der Waals surface area (Å²) in [7, 11) is 0. The zero-order chi connectivity index (χ0) is 13.3. The Bertz CT molecular complexity index is 563.